The van der Waals surface area contributed by atoms with Gasteiger partial charge in [-0.3, -0.25) is 9.59 Å². The highest BCUT2D eigenvalue weighted by atomic mass is 19.1. The number of halogens is 1. The van der Waals surface area contributed by atoms with Crippen molar-refractivity contribution in [1.29, 1.82) is 0 Å². The molecule has 32 heavy (non-hydrogen) atoms. The van der Waals surface area contributed by atoms with Crippen molar-refractivity contribution in [2.75, 3.05) is 13.1 Å². The lowest BCUT2D eigenvalue weighted by Gasteiger charge is -2.30. The van der Waals surface area contributed by atoms with Gasteiger partial charge in [-0.1, -0.05) is 30.3 Å². The first-order chi connectivity index (χ1) is 15.3. The SMILES string of the molecule is Cc1ccc(CN(CCc2ccccc2)C(=O)CN(C(=O)c2ccc(F)cc2)C(C)C)o1. The molecular weight excluding hydrogens is 407 g/mol. The maximum absolute atomic E-state index is 13.3. The third-order valence-corrected chi connectivity index (χ3v) is 5.29. The summed E-state index contributed by atoms with van der Waals surface area (Å²) in [5.41, 5.74) is 1.48. The van der Waals surface area contributed by atoms with E-state index in [-0.39, 0.29) is 24.4 Å². The van der Waals surface area contributed by atoms with E-state index in [9.17, 15) is 14.0 Å². The number of hydrogen-bond acceptors (Lipinski definition) is 3. The lowest BCUT2D eigenvalue weighted by Crippen LogP contribution is -2.46. The molecule has 3 aromatic rings. The third-order valence-electron chi connectivity index (χ3n) is 5.29. The lowest BCUT2D eigenvalue weighted by molar-refractivity contribution is -0.133. The number of carbonyl (C=O) groups excluding carboxylic acids is 2. The maximum Gasteiger partial charge on any atom is 0.254 e. The van der Waals surface area contributed by atoms with Crippen molar-refractivity contribution in [2.45, 2.75) is 39.8 Å². The molecule has 0 saturated heterocycles. The van der Waals surface area contributed by atoms with Gasteiger partial charge in [-0.05, 0) is 69.2 Å². The van der Waals surface area contributed by atoms with Crippen LogP contribution in [-0.2, 0) is 17.8 Å². The molecule has 168 valence electrons. The molecule has 0 spiro atoms. The average Bonchev–Trinajstić information content (AvgIpc) is 3.20. The van der Waals surface area contributed by atoms with Gasteiger partial charge in [-0.2, -0.15) is 0 Å². The summed E-state index contributed by atoms with van der Waals surface area (Å²) in [7, 11) is 0. The van der Waals surface area contributed by atoms with Gasteiger partial charge < -0.3 is 14.2 Å². The number of amides is 2. The predicted octanol–water partition coefficient (Wildman–Crippen LogP) is 4.85. The van der Waals surface area contributed by atoms with Crippen molar-refractivity contribution in [3.63, 3.8) is 0 Å². The van der Waals surface area contributed by atoms with Gasteiger partial charge in [-0.15, -0.1) is 0 Å². The fraction of sp³-hybridized carbons (Fsp3) is 0.308. The zero-order valence-corrected chi connectivity index (χ0v) is 18.8. The summed E-state index contributed by atoms with van der Waals surface area (Å²) >= 11 is 0. The molecule has 2 amide bonds. The Kier molecular flexibility index (Phi) is 7.82. The molecule has 0 aliphatic carbocycles. The van der Waals surface area contributed by atoms with Crippen LogP contribution in [0.25, 0.3) is 0 Å². The van der Waals surface area contributed by atoms with Gasteiger partial charge in [0.1, 0.15) is 23.9 Å². The molecule has 2 aromatic carbocycles. The van der Waals surface area contributed by atoms with Crippen LogP contribution in [0.4, 0.5) is 4.39 Å². The van der Waals surface area contributed by atoms with Gasteiger partial charge in [0.15, 0.2) is 0 Å². The van der Waals surface area contributed by atoms with Crippen LogP contribution >= 0.6 is 0 Å². The molecule has 0 radical (unpaired) electrons. The van der Waals surface area contributed by atoms with Gasteiger partial charge >= 0.3 is 0 Å². The Hall–Kier alpha value is -3.41. The van der Waals surface area contributed by atoms with Crippen molar-refractivity contribution < 1.29 is 18.4 Å². The number of furan rings is 1. The topological polar surface area (TPSA) is 53.8 Å². The summed E-state index contributed by atoms with van der Waals surface area (Å²) in [5, 5.41) is 0. The highest BCUT2D eigenvalue weighted by Gasteiger charge is 2.25. The quantitative estimate of drug-likeness (QED) is 0.482. The fourth-order valence-corrected chi connectivity index (χ4v) is 3.45. The Bertz CT molecular complexity index is 1030. The van der Waals surface area contributed by atoms with E-state index >= 15 is 0 Å². The van der Waals surface area contributed by atoms with Crippen LogP contribution in [0.2, 0.25) is 0 Å². The van der Waals surface area contributed by atoms with Gasteiger partial charge in [0, 0.05) is 18.2 Å². The molecule has 0 atom stereocenters. The smallest absolute Gasteiger partial charge is 0.254 e. The zero-order valence-electron chi connectivity index (χ0n) is 18.8. The largest absolute Gasteiger partial charge is 0.464 e. The Balaban J connectivity index is 1.76. The second kappa shape index (κ2) is 10.8. The molecule has 0 bridgehead atoms. The Morgan fingerprint density at radius 2 is 1.66 bits per heavy atom. The molecule has 0 saturated carbocycles. The average molecular weight is 437 g/mol. The summed E-state index contributed by atoms with van der Waals surface area (Å²) in [4.78, 5) is 29.6. The molecule has 1 aromatic heterocycles. The first kappa shape index (κ1) is 23.3. The van der Waals surface area contributed by atoms with Crippen molar-refractivity contribution in [1.82, 2.24) is 9.80 Å². The van der Waals surface area contributed by atoms with Crippen LogP contribution in [-0.4, -0.2) is 40.7 Å². The molecule has 0 N–H and O–H groups in total. The predicted molar refractivity (Wildman–Crippen MR) is 122 cm³/mol. The molecule has 5 nitrogen and oxygen atoms in total. The maximum atomic E-state index is 13.3. The monoisotopic (exact) mass is 436 g/mol. The minimum atomic E-state index is -0.408. The summed E-state index contributed by atoms with van der Waals surface area (Å²) < 4.78 is 19.0. The Morgan fingerprint density at radius 3 is 2.25 bits per heavy atom. The van der Waals surface area contributed by atoms with Gasteiger partial charge in [0.25, 0.3) is 5.91 Å². The van der Waals surface area contributed by atoms with Gasteiger partial charge in [0.2, 0.25) is 5.91 Å². The molecule has 1 heterocycles. The first-order valence-electron chi connectivity index (χ1n) is 10.8. The summed E-state index contributed by atoms with van der Waals surface area (Å²) in [6.45, 7) is 6.34. The molecule has 0 aliphatic rings. The van der Waals surface area contributed by atoms with Crippen molar-refractivity contribution >= 4 is 11.8 Å². The number of aryl methyl sites for hydroxylation is 1. The number of nitrogens with zero attached hydrogens (tertiary/aromatic N) is 2. The molecule has 3 rings (SSSR count). The van der Waals surface area contributed by atoms with Crippen LogP contribution in [0.3, 0.4) is 0 Å². The second-order valence-corrected chi connectivity index (χ2v) is 8.10. The first-order valence-corrected chi connectivity index (χ1v) is 10.8. The summed E-state index contributed by atoms with van der Waals surface area (Å²) in [6.07, 6.45) is 0.694. The summed E-state index contributed by atoms with van der Waals surface area (Å²) in [6, 6.07) is 18.9. The van der Waals surface area contributed by atoms with Crippen molar-refractivity contribution in [2.24, 2.45) is 0 Å². The number of benzene rings is 2. The van der Waals surface area contributed by atoms with Gasteiger partial charge in [0.05, 0.1) is 6.54 Å². The van der Waals surface area contributed by atoms with E-state index in [2.05, 4.69) is 0 Å². The van der Waals surface area contributed by atoms with E-state index in [1.54, 1.807) is 4.90 Å². The minimum Gasteiger partial charge on any atom is -0.464 e. The molecule has 0 fully saturated rings. The van der Waals surface area contributed by atoms with Crippen LogP contribution in [0.1, 0.15) is 41.3 Å². The molecular formula is C26H29FN2O3. The normalized spacial score (nSPS) is 10.9. The van der Waals surface area contributed by atoms with Gasteiger partial charge in [-0.25, -0.2) is 4.39 Å². The number of hydrogen-bond donors (Lipinski definition) is 0. The van der Waals surface area contributed by atoms with Crippen LogP contribution in [0, 0.1) is 12.7 Å². The van der Waals surface area contributed by atoms with E-state index in [0.29, 0.717) is 30.8 Å². The molecule has 6 heteroatoms. The van der Waals surface area contributed by atoms with Crippen LogP contribution < -0.4 is 0 Å². The minimum absolute atomic E-state index is 0.0671. The number of carbonyl (C=O) groups is 2. The van der Waals surface area contributed by atoms with E-state index in [4.69, 9.17) is 4.42 Å². The summed E-state index contributed by atoms with van der Waals surface area (Å²) in [5.74, 6) is 0.606. The van der Waals surface area contributed by atoms with E-state index < -0.39 is 5.82 Å². The molecule has 0 unspecified atom stereocenters. The standard InChI is InChI=1S/C26H29FN2O3/c1-19(2)29(26(31)22-10-12-23(27)13-11-22)18-25(30)28(17-24-14-9-20(3)32-24)16-15-21-7-5-4-6-8-21/h4-14,19H,15-18H2,1-3H3. The van der Waals surface area contributed by atoms with E-state index in [1.807, 2.05) is 63.2 Å². The molecule has 0 aliphatic heterocycles. The Labute approximate surface area is 188 Å². The van der Waals surface area contributed by atoms with Crippen molar-refractivity contribution in [3.05, 3.63) is 95.2 Å². The van der Waals surface area contributed by atoms with E-state index in [0.717, 1.165) is 11.3 Å². The third kappa shape index (κ3) is 6.30. The van der Waals surface area contributed by atoms with Crippen molar-refractivity contribution in [3.8, 4) is 0 Å². The Morgan fingerprint density at radius 1 is 0.969 bits per heavy atom. The zero-order chi connectivity index (χ0) is 23.1. The van der Waals surface area contributed by atoms with Crippen LogP contribution in [0.15, 0.2) is 71.1 Å². The lowest BCUT2D eigenvalue weighted by atomic mass is 10.1. The number of rotatable bonds is 9. The van der Waals surface area contributed by atoms with E-state index in [1.165, 1.54) is 29.2 Å². The highest BCUT2D eigenvalue weighted by molar-refractivity contribution is 5.96. The fourth-order valence-electron chi connectivity index (χ4n) is 3.45. The highest BCUT2D eigenvalue weighted by Crippen LogP contribution is 2.14. The van der Waals surface area contributed by atoms with Crippen LogP contribution in [0.5, 0.6) is 0 Å². The second-order valence-electron chi connectivity index (χ2n) is 8.10.